The Morgan fingerprint density at radius 3 is 2.16 bits per heavy atom. The molecule has 31 heavy (non-hydrogen) atoms. The van der Waals surface area contributed by atoms with E-state index in [1.807, 2.05) is 91.9 Å². The maximum atomic E-state index is 13.4. The predicted octanol–water partition coefficient (Wildman–Crippen LogP) is 4.72. The first-order valence-electron chi connectivity index (χ1n) is 9.98. The lowest BCUT2D eigenvalue weighted by Gasteiger charge is -2.16. The third-order valence-electron chi connectivity index (χ3n) is 5.07. The van der Waals surface area contributed by atoms with Crippen LogP contribution in [0.25, 0.3) is 22.4 Å². The van der Waals surface area contributed by atoms with Crippen LogP contribution in [-0.4, -0.2) is 22.9 Å². The van der Waals surface area contributed by atoms with Gasteiger partial charge in [0, 0.05) is 11.1 Å². The van der Waals surface area contributed by atoms with Gasteiger partial charge < -0.3 is 4.74 Å². The summed E-state index contributed by atoms with van der Waals surface area (Å²) >= 11 is 0. The molecule has 0 amide bonds. The summed E-state index contributed by atoms with van der Waals surface area (Å²) in [6, 6.07) is 26.7. The first-order valence-corrected chi connectivity index (χ1v) is 9.98. The van der Waals surface area contributed by atoms with Gasteiger partial charge in [-0.2, -0.15) is 5.10 Å². The largest absolute Gasteiger partial charge is 0.465 e. The van der Waals surface area contributed by atoms with E-state index < -0.39 is 11.5 Å². The molecule has 0 saturated heterocycles. The highest BCUT2D eigenvalue weighted by molar-refractivity contribution is 6.00. The molecule has 0 spiro atoms. The van der Waals surface area contributed by atoms with Crippen LogP contribution in [-0.2, 0) is 11.3 Å². The third kappa shape index (κ3) is 4.16. The second-order valence-electron chi connectivity index (χ2n) is 7.27. The van der Waals surface area contributed by atoms with E-state index >= 15 is 0 Å². The molecule has 1 aromatic heterocycles. The molecular formula is C26H22N2O3. The Kier molecular flexibility index (Phi) is 5.76. The molecule has 0 N–H and O–H groups in total. The van der Waals surface area contributed by atoms with Crippen molar-refractivity contribution in [3.05, 3.63) is 112 Å². The lowest BCUT2D eigenvalue weighted by molar-refractivity contribution is 0.0598. The van der Waals surface area contributed by atoms with Gasteiger partial charge in [-0.05, 0) is 18.1 Å². The average Bonchev–Trinajstić information content (AvgIpc) is 2.80. The number of rotatable bonds is 5. The van der Waals surface area contributed by atoms with Gasteiger partial charge in [-0.3, -0.25) is 4.79 Å². The Hall–Kier alpha value is -3.99. The molecule has 3 aromatic carbocycles. The fourth-order valence-electron chi connectivity index (χ4n) is 3.64. The van der Waals surface area contributed by atoms with Crippen LogP contribution in [0.2, 0.25) is 0 Å². The molecule has 5 heteroatoms. The van der Waals surface area contributed by atoms with Crippen LogP contribution in [0.15, 0.2) is 89.7 Å². The number of ether oxygens (including phenoxy) is 1. The lowest BCUT2D eigenvalue weighted by Crippen LogP contribution is -2.31. The molecule has 1 heterocycles. The van der Waals surface area contributed by atoms with Gasteiger partial charge in [0.15, 0.2) is 0 Å². The Bertz CT molecular complexity index is 1280. The van der Waals surface area contributed by atoms with Crippen molar-refractivity contribution in [3.8, 4) is 22.4 Å². The average molecular weight is 410 g/mol. The van der Waals surface area contributed by atoms with Gasteiger partial charge in [0.2, 0.25) is 0 Å². The molecule has 0 unspecified atom stereocenters. The summed E-state index contributed by atoms with van der Waals surface area (Å²) in [5.41, 5.74) is 4.09. The number of aryl methyl sites for hydroxylation is 1. The van der Waals surface area contributed by atoms with E-state index in [4.69, 9.17) is 9.84 Å². The van der Waals surface area contributed by atoms with E-state index in [2.05, 4.69) is 0 Å². The van der Waals surface area contributed by atoms with Crippen LogP contribution < -0.4 is 5.56 Å². The quantitative estimate of drug-likeness (QED) is 0.447. The van der Waals surface area contributed by atoms with E-state index in [9.17, 15) is 9.59 Å². The smallest absolute Gasteiger partial charge is 0.344 e. The zero-order valence-corrected chi connectivity index (χ0v) is 17.4. The van der Waals surface area contributed by atoms with Gasteiger partial charge in [-0.15, -0.1) is 0 Å². The molecule has 0 bridgehead atoms. The van der Waals surface area contributed by atoms with Crippen molar-refractivity contribution in [1.82, 2.24) is 9.78 Å². The number of nitrogens with zero attached hydrogens (tertiary/aromatic N) is 2. The van der Waals surface area contributed by atoms with Crippen molar-refractivity contribution in [2.24, 2.45) is 0 Å². The number of carbonyl (C=O) groups is 1. The summed E-state index contributed by atoms with van der Waals surface area (Å²) in [6.45, 7) is 2.24. The SMILES string of the molecule is COC(=O)c1c(-c2ccccc2)c(-c2ccccc2)nn(Cc2cccc(C)c2)c1=O. The highest BCUT2D eigenvalue weighted by Crippen LogP contribution is 2.32. The summed E-state index contributed by atoms with van der Waals surface area (Å²) in [7, 11) is 1.28. The number of aromatic nitrogens is 2. The predicted molar refractivity (Wildman–Crippen MR) is 121 cm³/mol. The van der Waals surface area contributed by atoms with E-state index in [1.54, 1.807) is 0 Å². The second kappa shape index (κ2) is 8.79. The molecule has 0 aliphatic rings. The zero-order valence-electron chi connectivity index (χ0n) is 17.4. The van der Waals surface area contributed by atoms with Gasteiger partial charge in [-0.1, -0.05) is 90.5 Å². The van der Waals surface area contributed by atoms with E-state index in [-0.39, 0.29) is 12.1 Å². The fraction of sp³-hybridized carbons (Fsp3) is 0.115. The summed E-state index contributed by atoms with van der Waals surface area (Å²) in [5, 5.41) is 4.72. The van der Waals surface area contributed by atoms with Gasteiger partial charge in [0.05, 0.1) is 19.3 Å². The standard InChI is InChI=1S/C26H22N2O3/c1-18-10-9-11-19(16-18)17-28-25(29)23(26(30)31-2)22(20-12-5-3-6-13-20)24(27-28)21-14-7-4-8-15-21/h3-16H,17H2,1-2H3. The summed E-state index contributed by atoms with van der Waals surface area (Å²) in [5.74, 6) is -0.679. The number of esters is 1. The molecular weight excluding hydrogens is 388 g/mol. The van der Waals surface area contributed by atoms with E-state index in [1.165, 1.54) is 11.8 Å². The number of benzene rings is 3. The van der Waals surface area contributed by atoms with Crippen LogP contribution >= 0.6 is 0 Å². The van der Waals surface area contributed by atoms with Crippen molar-refractivity contribution in [2.45, 2.75) is 13.5 Å². The normalized spacial score (nSPS) is 10.6. The van der Waals surface area contributed by atoms with Gasteiger partial charge in [0.1, 0.15) is 5.56 Å². The first-order chi connectivity index (χ1) is 15.1. The molecule has 4 aromatic rings. The maximum Gasteiger partial charge on any atom is 0.344 e. The summed E-state index contributed by atoms with van der Waals surface area (Å²) in [4.78, 5) is 26.2. The van der Waals surface area contributed by atoms with Crippen LogP contribution in [0, 0.1) is 6.92 Å². The van der Waals surface area contributed by atoms with Gasteiger partial charge >= 0.3 is 5.97 Å². The van der Waals surface area contributed by atoms with Crippen LogP contribution in [0.3, 0.4) is 0 Å². The number of hydrogen-bond acceptors (Lipinski definition) is 4. The number of carbonyl (C=O) groups excluding carboxylic acids is 1. The van der Waals surface area contributed by atoms with Gasteiger partial charge in [0.25, 0.3) is 5.56 Å². The Labute approximate surface area is 180 Å². The number of hydrogen-bond donors (Lipinski definition) is 0. The fourth-order valence-corrected chi connectivity index (χ4v) is 3.64. The third-order valence-corrected chi connectivity index (χ3v) is 5.07. The molecule has 0 aliphatic heterocycles. The lowest BCUT2D eigenvalue weighted by atomic mass is 9.95. The van der Waals surface area contributed by atoms with Crippen molar-refractivity contribution < 1.29 is 9.53 Å². The molecule has 0 atom stereocenters. The second-order valence-corrected chi connectivity index (χ2v) is 7.27. The zero-order chi connectivity index (χ0) is 21.8. The van der Waals surface area contributed by atoms with Crippen LogP contribution in [0.1, 0.15) is 21.5 Å². The number of methoxy groups -OCH3 is 1. The summed E-state index contributed by atoms with van der Waals surface area (Å²) < 4.78 is 6.36. The Morgan fingerprint density at radius 1 is 0.903 bits per heavy atom. The van der Waals surface area contributed by atoms with Crippen molar-refractivity contribution in [2.75, 3.05) is 7.11 Å². The van der Waals surface area contributed by atoms with E-state index in [0.717, 1.165) is 22.3 Å². The van der Waals surface area contributed by atoms with Crippen molar-refractivity contribution in [1.29, 1.82) is 0 Å². The van der Waals surface area contributed by atoms with Crippen LogP contribution in [0.5, 0.6) is 0 Å². The Morgan fingerprint density at radius 2 is 1.55 bits per heavy atom. The molecule has 0 saturated carbocycles. The molecule has 0 radical (unpaired) electrons. The van der Waals surface area contributed by atoms with Crippen molar-refractivity contribution in [3.63, 3.8) is 0 Å². The highest BCUT2D eigenvalue weighted by Gasteiger charge is 2.25. The van der Waals surface area contributed by atoms with Crippen LogP contribution in [0.4, 0.5) is 0 Å². The molecule has 0 fully saturated rings. The molecule has 4 rings (SSSR count). The van der Waals surface area contributed by atoms with E-state index in [0.29, 0.717) is 11.3 Å². The molecule has 5 nitrogen and oxygen atoms in total. The van der Waals surface area contributed by atoms with Gasteiger partial charge in [-0.25, -0.2) is 9.48 Å². The molecule has 0 aliphatic carbocycles. The minimum absolute atomic E-state index is 0.0183. The highest BCUT2D eigenvalue weighted by atomic mass is 16.5. The summed E-state index contributed by atoms with van der Waals surface area (Å²) in [6.07, 6.45) is 0. The monoisotopic (exact) mass is 410 g/mol. The molecule has 154 valence electrons. The minimum atomic E-state index is -0.679. The minimum Gasteiger partial charge on any atom is -0.465 e. The topological polar surface area (TPSA) is 61.2 Å². The Balaban J connectivity index is 2.03. The van der Waals surface area contributed by atoms with Crippen molar-refractivity contribution >= 4 is 5.97 Å². The maximum absolute atomic E-state index is 13.4. The first kappa shape index (κ1) is 20.3.